The lowest BCUT2D eigenvalue weighted by Crippen LogP contribution is -2.22. The van der Waals surface area contributed by atoms with Crippen LogP contribution in [0.25, 0.3) is 0 Å². The number of rotatable bonds is 3. The van der Waals surface area contributed by atoms with Crippen LogP contribution in [0.3, 0.4) is 0 Å². The fourth-order valence-corrected chi connectivity index (χ4v) is 3.57. The predicted octanol–water partition coefficient (Wildman–Crippen LogP) is 4.59. The Morgan fingerprint density at radius 1 is 1.42 bits per heavy atom. The second kappa shape index (κ2) is 5.12. The predicted molar refractivity (Wildman–Crippen MR) is 80.4 cm³/mol. The Hall–Kier alpha value is -1.10. The van der Waals surface area contributed by atoms with E-state index >= 15 is 0 Å². The number of anilines is 1. The van der Waals surface area contributed by atoms with Crippen molar-refractivity contribution in [1.29, 1.82) is 0 Å². The van der Waals surface area contributed by atoms with Crippen LogP contribution in [-0.4, -0.2) is 11.0 Å². The maximum Gasteiger partial charge on any atom is 0.283 e. The summed E-state index contributed by atoms with van der Waals surface area (Å²) in [5.41, 5.74) is 1.41. The summed E-state index contributed by atoms with van der Waals surface area (Å²) in [7, 11) is 0. The largest absolute Gasteiger partial charge is 0.382 e. The van der Waals surface area contributed by atoms with Crippen LogP contribution in [0.15, 0.2) is 22.7 Å². The molecule has 0 radical (unpaired) electrons. The van der Waals surface area contributed by atoms with Gasteiger partial charge in [0.1, 0.15) is 0 Å². The highest BCUT2D eigenvalue weighted by molar-refractivity contribution is 9.10. The molecule has 1 N–H and O–H groups in total. The van der Waals surface area contributed by atoms with E-state index in [1.807, 2.05) is 0 Å². The van der Waals surface area contributed by atoms with Gasteiger partial charge in [-0.2, -0.15) is 0 Å². The molecule has 0 aliphatic heterocycles. The van der Waals surface area contributed by atoms with Gasteiger partial charge in [0.25, 0.3) is 5.69 Å². The Balaban J connectivity index is 2.12. The summed E-state index contributed by atoms with van der Waals surface area (Å²) < 4.78 is 0.521. The fraction of sp³-hybridized carbons (Fsp3) is 0.571. The summed E-state index contributed by atoms with van der Waals surface area (Å²) in [4.78, 5) is 10.4. The average Bonchev–Trinajstić information content (AvgIpc) is 2.51. The first-order chi connectivity index (χ1) is 8.78. The monoisotopic (exact) mass is 326 g/mol. The van der Waals surface area contributed by atoms with E-state index in [4.69, 9.17) is 0 Å². The van der Waals surface area contributed by atoms with Gasteiger partial charge < -0.3 is 5.32 Å². The molecule has 2 atom stereocenters. The second-order valence-corrected chi connectivity index (χ2v) is 7.08. The Kier molecular flexibility index (Phi) is 3.85. The Labute approximate surface area is 121 Å². The van der Waals surface area contributed by atoms with Gasteiger partial charge in [0.15, 0.2) is 0 Å². The third-order valence-corrected chi connectivity index (χ3v) is 4.47. The van der Waals surface area contributed by atoms with E-state index in [0.717, 1.165) is 12.1 Å². The van der Waals surface area contributed by atoms with Gasteiger partial charge in [-0.05, 0) is 52.2 Å². The number of benzene rings is 1. The molecular weight excluding hydrogens is 308 g/mol. The van der Waals surface area contributed by atoms with E-state index < -0.39 is 0 Å². The van der Waals surface area contributed by atoms with Crippen LogP contribution in [0.2, 0.25) is 0 Å². The zero-order chi connectivity index (χ0) is 14.2. The third-order valence-electron chi connectivity index (χ3n) is 3.83. The van der Waals surface area contributed by atoms with Crippen LogP contribution in [0.1, 0.15) is 33.6 Å². The van der Waals surface area contributed by atoms with Crippen LogP contribution in [-0.2, 0) is 0 Å². The van der Waals surface area contributed by atoms with Gasteiger partial charge in [-0.1, -0.05) is 20.8 Å². The van der Waals surface area contributed by atoms with E-state index in [-0.39, 0.29) is 10.6 Å². The van der Waals surface area contributed by atoms with Gasteiger partial charge in [-0.25, -0.2) is 0 Å². The Bertz CT molecular complexity index is 502. The minimum Gasteiger partial charge on any atom is -0.382 e. The van der Waals surface area contributed by atoms with Crippen molar-refractivity contribution in [1.82, 2.24) is 0 Å². The minimum absolute atomic E-state index is 0.102. The first-order valence-corrected chi connectivity index (χ1v) is 7.28. The van der Waals surface area contributed by atoms with Crippen LogP contribution < -0.4 is 5.32 Å². The van der Waals surface area contributed by atoms with Crippen molar-refractivity contribution in [2.24, 2.45) is 11.3 Å². The number of halogens is 1. The van der Waals surface area contributed by atoms with E-state index in [1.54, 1.807) is 12.1 Å². The van der Waals surface area contributed by atoms with E-state index in [2.05, 4.69) is 42.0 Å². The molecule has 5 heteroatoms. The molecule has 0 heterocycles. The molecule has 0 saturated heterocycles. The third kappa shape index (κ3) is 3.26. The Morgan fingerprint density at radius 2 is 2.11 bits per heavy atom. The molecule has 1 aliphatic carbocycles. The number of nitrogens with one attached hydrogen (secondary N) is 1. The zero-order valence-corrected chi connectivity index (χ0v) is 13.0. The number of nitro benzene ring substituents is 1. The summed E-state index contributed by atoms with van der Waals surface area (Å²) in [5, 5.41) is 14.3. The quantitative estimate of drug-likeness (QED) is 0.652. The molecule has 19 heavy (non-hydrogen) atoms. The van der Waals surface area contributed by atoms with Crippen molar-refractivity contribution in [3.63, 3.8) is 0 Å². The topological polar surface area (TPSA) is 55.2 Å². The lowest BCUT2D eigenvalue weighted by molar-refractivity contribution is -0.385. The number of nitro groups is 1. The number of nitrogens with zero attached hydrogens (tertiary/aromatic N) is 1. The summed E-state index contributed by atoms with van der Waals surface area (Å²) in [5.74, 6) is 0.615. The highest BCUT2D eigenvalue weighted by Crippen LogP contribution is 2.42. The smallest absolute Gasteiger partial charge is 0.283 e. The molecule has 1 saturated carbocycles. The molecule has 0 spiro atoms. The van der Waals surface area contributed by atoms with Gasteiger partial charge in [0.05, 0.1) is 9.40 Å². The standard InChI is InChI=1S/C14H19BrN2O2/c1-9-7-14(2,3)8-12(9)16-10-4-5-13(17(18)19)11(15)6-10/h4-6,9,12,16H,7-8H2,1-3H3. The van der Waals surface area contributed by atoms with E-state index in [0.29, 0.717) is 21.8 Å². The highest BCUT2D eigenvalue weighted by Gasteiger charge is 2.36. The lowest BCUT2D eigenvalue weighted by atomic mass is 9.91. The molecule has 0 amide bonds. The molecule has 104 valence electrons. The Morgan fingerprint density at radius 3 is 2.58 bits per heavy atom. The summed E-state index contributed by atoms with van der Waals surface area (Å²) in [6, 6.07) is 5.54. The highest BCUT2D eigenvalue weighted by atomic mass is 79.9. The number of hydrogen-bond donors (Lipinski definition) is 1. The van der Waals surface area contributed by atoms with Crippen molar-refractivity contribution in [3.05, 3.63) is 32.8 Å². The van der Waals surface area contributed by atoms with Gasteiger partial charge >= 0.3 is 0 Å². The molecule has 0 aromatic heterocycles. The van der Waals surface area contributed by atoms with Crippen molar-refractivity contribution in [2.45, 2.75) is 39.7 Å². The fourth-order valence-electron chi connectivity index (χ4n) is 3.05. The first-order valence-electron chi connectivity index (χ1n) is 6.49. The molecular formula is C14H19BrN2O2. The lowest BCUT2D eigenvalue weighted by Gasteiger charge is -2.20. The zero-order valence-electron chi connectivity index (χ0n) is 11.4. The molecule has 1 aliphatic rings. The van der Waals surface area contributed by atoms with Gasteiger partial charge in [0.2, 0.25) is 0 Å². The van der Waals surface area contributed by atoms with E-state index in [1.165, 1.54) is 12.5 Å². The normalized spacial score (nSPS) is 25.3. The second-order valence-electron chi connectivity index (χ2n) is 6.22. The van der Waals surface area contributed by atoms with Crippen molar-refractivity contribution in [3.8, 4) is 0 Å². The van der Waals surface area contributed by atoms with Gasteiger partial charge in [-0.15, -0.1) is 0 Å². The molecule has 1 aromatic rings. The van der Waals surface area contributed by atoms with Gasteiger partial charge in [0, 0.05) is 17.8 Å². The number of hydrogen-bond acceptors (Lipinski definition) is 3. The van der Waals surface area contributed by atoms with E-state index in [9.17, 15) is 10.1 Å². The summed E-state index contributed by atoms with van der Waals surface area (Å²) >= 11 is 3.25. The van der Waals surface area contributed by atoms with Crippen LogP contribution in [0.5, 0.6) is 0 Å². The molecule has 2 rings (SSSR count). The van der Waals surface area contributed by atoms with Crippen molar-refractivity contribution < 1.29 is 4.92 Å². The molecule has 4 nitrogen and oxygen atoms in total. The minimum atomic E-state index is -0.380. The molecule has 1 aromatic carbocycles. The summed E-state index contributed by atoms with van der Waals surface area (Å²) in [6.45, 7) is 6.83. The molecule has 0 bridgehead atoms. The maximum atomic E-state index is 10.8. The van der Waals surface area contributed by atoms with Crippen molar-refractivity contribution >= 4 is 27.3 Å². The average molecular weight is 327 g/mol. The van der Waals surface area contributed by atoms with Crippen LogP contribution >= 0.6 is 15.9 Å². The van der Waals surface area contributed by atoms with Gasteiger partial charge in [-0.3, -0.25) is 10.1 Å². The van der Waals surface area contributed by atoms with Crippen LogP contribution in [0.4, 0.5) is 11.4 Å². The maximum absolute atomic E-state index is 10.8. The summed E-state index contributed by atoms with van der Waals surface area (Å²) in [6.07, 6.45) is 2.33. The first kappa shape index (κ1) is 14.3. The van der Waals surface area contributed by atoms with Crippen LogP contribution in [0, 0.1) is 21.4 Å². The molecule has 2 unspecified atom stereocenters. The molecule has 1 fully saturated rings. The van der Waals surface area contributed by atoms with Crippen molar-refractivity contribution in [2.75, 3.05) is 5.32 Å². The SMILES string of the molecule is CC1CC(C)(C)CC1Nc1ccc([N+](=O)[O-])c(Br)c1.